The summed E-state index contributed by atoms with van der Waals surface area (Å²) in [7, 11) is -3.91. The minimum absolute atomic E-state index is 0.0447. The first kappa shape index (κ1) is 30.4. The topological polar surface area (TPSA) is 60.9 Å². The predicted molar refractivity (Wildman–Crippen MR) is 166 cm³/mol. The Morgan fingerprint density at radius 2 is 1.70 bits per heavy atom. The van der Waals surface area contributed by atoms with Crippen LogP contribution >= 0.6 is 11.6 Å². The first-order chi connectivity index (χ1) is 19.1. The second-order valence-corrected chi connectivity index (χ2v) is 13.5. The predicted octanol–water partition coefficient (Wildman–Crippen LogP) is 7.95. The van der Waals surface area contributed by atoms with E-state index in [1.54, 1.807) is 6.07 Å². The lowest BCUT2D eigenvalue weighted by Crippen LogP contribution is -2.40. The summed E-state index contributed by atoms with van der Waals surface area (Å²) in [5.74, 6) is 0.0447. The van der Waals surface area contributed by atoms with Crippen LogP contribution in [0.25, 0.3) is 0 Å². The number of aromatic hydroxyl groups is 1. The van der Waals surface area contributed by atoms with E-state index in [1.807, 2.05) is 57.2 Å². The van der Waals surface area contributed by atoms with Gasteiger partial charge in [0.25, 0.3) is 10.0 Å². The van der Waals surface area contributed by atoms with Crippen molar-refractivity contribution in [3.8, 4) is 5.75 Å². The maximum absolute atomic E-state index is 14.2. The van der Waals surface area contributed by atoms with E-state index in [-0.39, 0.29) is 12.3 Å². The van der Waals surface area contributed by atoms with E-state index in [4.69, 9.17) is 11.6 Å². The fourth-order valence-electron chi connectivity index (χ4n) is 6.15. The lowest BCUT2D eigenvalue weighted by atomic mass is 9.97. The van der Waals surface area contributed by atoms with E-state index in [0.29, 0.717) is 21.2 Å². The van der Waals surface area contributed by atoms with Crippen LogP contribution in [0.2, 0.25) is 5.02 Å². The van der Waals surface area contributed by atoms with Gasteiger partial charge in [0.2, 0.25) is 0 Å². The molecule has 0 bridgehead atoms. The Labute approximate surface area is 245 Å². The minimum Gasteiger partial charge on any atom is -0.508 e. The summed E-state index contributed by atoms with van der Waals surface area (Å²) in [5, 5.41) is 10.2. The largest absolute Gasteiger partial charge is 0.508 e. The highest BCUT2D eigenvalue weighted by Crippen LogP contribution is 2.33. The molecule has 1 fully saturated rings. The molecule has 1 unspecified atom stereocenters. The van der Waals surface area contributed by atoms with Crippen LogP contribution in [0.15, 0.2) is 59.5 Å². The SMILES string of the molecule is CCCC1CCCCN1CCCc1ccc(N(Cc2ccc(O)cc2Cl)S(=O)(=O)c2c(C)cc(C)cc2C)cc1. The highest BCUT2D eigenvalue weighted by Gasteiger charge is 2.29. The summed E-state index contributed by atoms with van der Waals surface area (Å²) in [6, 6.07) is 17.1. The van der Waals surface area contributed by atoms with Crippen molar-refractivity contribution in [2.24, 2.45) is 0 Å². The fourth-order valence-corrected chi connectivity index (χ4v) is 8.24. The second kappa shape index (κ2) is 13.4. The van der Waals surface area contributed by atoms with E-state index < -0.39 is 10.0 Å². The molecule has 0 aliphatic carbocycles. The summed E-state index contributed by atoms with van der Waals surface area (Å²) in [6.07, 6.45) is 8.53. The van der Waals surface area contributed by atoms with Crippen molar-refractivity contribution >= 4 is 27.3 Å². The summed E-state index contributed by atoms with van der Waals surface area (Å²) < 4.78 is 29.9. The van der Waals surface area contributed by atoms with E-state index in [9.17, 15) is 13.5 Å². The van der Waals surface area contributed by atoms with Gasteiger partial charge in [0.1, 0.15) is 5.75 Å². The average Bonchev–Trinajstić information content (AvgIpc) is 2.89. The number of aryl methyl sites for hydroxylation is 4. The molecule has 1 aliphatic heterocycles. The van der Waals surface area contributed by atoms with E-state index in [1.165, 1.54) is 60.7 Å². The first-order valence-electron chi connectivity index (χ1n) is 14.5. The van der Waals surface area contributed by atoms with Crippen LogP contribution in [0.1, 0.15) is 73.3 Å². The van der Waals surface area contributed by atoms with Gasteiger partial charge >= 0.3 is 0 Å². The molecule has 1 atom stereocenters. The van der Waals surface area contributed by atoms with Crippen molar-refractivity contribution in [2.75, 3.05) is 17.4 Å². The van der Waals surface area contributed by atoms with Crippen LogP contribution in [0, 0.1) is 20.8 Å². The zero-order chi connectivity index (χ0) is 28.9. The standard InChI is InChI=1S/C33H43ClN2O3S/c1-5-9-29-11-6-7-18-35(29)19-8-10-27-12-15-30(16-13-27)36(23-28-14-17-31(37)22-32(28)34)40(38,39)33-25(3)20-24(2)21-26(33)4/h12-17,20-22,29,37H,5-11,18-19,23H2,1-4H3. The number of benzene rings is 3. The highest BCUT2D eigenvalue weighted by molar-refractivity contribution is 7.92. The van der Waals surface area contributed by atoms with E-state index in [2.05, 4.69) is 11.8 Å². The van der Waals surface area contributed by atoms with Gasteiger partial charge in [0.15, 0.2) is 0 Å². The van der Waals surface area contributed by atoms with Gasteiger partial charge in [0.05, 0.1) is 17.1 Å². The molecule has 1 aliphatic rings. The second-order valence-electron chi connectivity index (χ2n) is 11.3. The molecule has 5 nitrogen and oxygen atoms in total. The Bertz CT molecular complexity index is 1380. The number of rotatable bonds is 11. The monoisotopic (exact) mass is 582 g/mol. The Kier molecular flexibility index (Phi) is 10.2. The Morgan fingerprint density at radius 1 is 1.00 bits per heavy atom. The molecule has 3 aromatic rings. The Morgan fingerprint density at radius 3 is 2.35 bits per heavy atom. The molecule has 4 rings (SSSR count). The van der Waals surface area contributed by atoms with Crippen LogP contribution < -0.4 is 4.31 Å². The van der Waals surface area contributed by atoms with E-state index >= 15 is 0 Å². The molecule has 216 valence electrons. The maximum atomic E-state index is 14.2. The summed E-state index contributed by atoms with van der Waals surface area (Å²) >= 11 is 6.43. The number of hydrogen-bond acceptors (Lipinski definition) is 4. The molecule has 40 heavy (non-hydrogen) atoms. The van der Waals surface area contributed by atoms with Crippen LogP contribution in [0.5, 0.6) is 5.75 Å². The lowest BCUT2D eigenvalue weighted by molar-refractivity contribution is 0.138. The third-order valence-electron chi connectivity index (χ3n) is 8.01. The molecule has 1 heterocycles. The van der Waals surface area contributed by atoms with Crippen molar-refractivity contribution in [3.63, 3.8) is 0 Å². The van der Waals surface area contributed by atoms with Gasteiger partial charge < -0.3 is 10.0 Å². The molecule has 0 aromatic heterocycles. The molecule has 3 aromatic carbocycles. The van der Waals surface area contributed by atoms with Crippen molar-refractivity contribution in [2.45, 2.75) is 90.1 Å². The van der Waals surface area contributed by atoms with Crippen molar-refractivity contribution in [3.05, 3.63) is 87.4 Å². The van der Waals surface area contributed by atoms with Crippen LogP contribution in [0.4, 0.5) is 5.69 Å². The highest BCUT2D eigenvalue weighted by atomic mass is 35.5. The zero-order valence-electron chi connectivity index (χ0n) is 24.3. The number of sulfonamides is 1. The molecule has 0 spiro atoms. The number of hydrogen-bond donors (Lipinski definition) is 1. The van der Waals surface area contributed by atoms with Crippen LogP contribution in [-0.2, 0) is 23.0 Å². The number of anilines is 1. The number of piperidine rings is 1. The number of halogens is 1. The summed E-state index contributed by atoms with van der Waals surface area (Å²) in [4.78, 5) is 2.99. The smallest absolute Gasteiger partial charge is 0.265 e. The zero-order valence-corrected chi connectivity index (χ0v) is 25.9. The molecule has 0 saturated carbocycles. The maximum Gasteiger partial charge on any atom is 0.265 e. The van der Waals surface area contributed by atoms with E-state index in [0.717, 1.165) is 42.1 Å². The van der Waals surface area contributed by atoms with Crippen LogP contribution in [-0.4, -0.2) is 37.6 Å². The third kappa shape index (κ3) is 7.20. The third-order valence-corrected chi connectivity index (χ3v) is 10.4. The first-order valence-corrected chi connectivity index (χ1v) is 16.3. The molecule has 1 saturated heterocycles. The van der Waals surface area contributed by atoms with Crippen molar-refractivity contribution in [1.29, 1.82) is 0 Å². The molecule has 1 N–H and O–H groups in total. The van der Waals surface area contributed by atoms with Gasteiger partial charge in [-0.1, -0.05) is 67.3 Å². The minimum atomic E-state index is -3.91. The Hall–Kier alpha value is -2.54. The molecule has 7 heteroatoms. The molecular weight excluding hydrogens is 540 g/mol. The average molecular weight is 583 g/mol. The number of phenols is 1. The van der Waals surface area contributed by atoms with Gasteiger partial charge in [0, 0.05) is 11.1 Å². The Balaban J connectivity index is 1.58. The molecule has 0 radical (unpaired) electrons. The van der Waals surface area contributed by atoms with Gasteiger partial charge in [-0.25, -0.2) is 8.42 Å². The van der Waals surface area contributed by atoms with Gasteiger partial charge in [-0.2, -0.15) is 0 Å². The summed E-state index contributed by atoms with van der Waals surface area (Å²) in [5.41, 5.74) is 4.88. The van der Waals surface area contributed by atoms with Crippen LogP contribution in [0.3, 0.4) is 0 Å². The van der Waals surface area contributed by atoms with Crippen molar-refractivity contribution in [1.82, 2.24) is 4.90 Å². The summed E-state index contributed by atoms with van der Waals surface area (Å²) in [6.45, 7) is 10.3. The number of likely N-dealkylation sites (tertiary alicyclic amines) is 1. The fraction of sp³-hybridized carbons (Fsp3) is 0.455. The molecular formula is C33H43ClN2O3S. The van der Waals surface area contributed by atoms with Gasteiger partial charge in [-0.15, -0.1) is 0 Å². The lowest BCUT2D eigenvalue weighted by Gasteiger charge is -2.35. The van der Waals surface area contributed by atoms with Gasteiger partial charge in [-0.05, 0) is 112 Å². The quantitative estimate of drug-likeness (QED) is 0.249. The van der Waals surface area contributed by atoms with Gasteiger partial charge in [-0.3, -0.25) is 4.31 Å². The van der Waals surface area contributed by atoms with Crippen molar-refractivity contribution < 1.29 is 13.5 Å². The number of nitrogens with zero attached hydrogens (tertiary/aromatic N) is 2. The normalized spacial score (nSPS) is 16.3. The molecule has 0 amide bonds. The number of phenolic OH excluding ortho intramolecular Hbond substituents is 1.